The number of methoxy groups -OCH3 is 1. The molecule has 0 aliphatic carbocycles. The minimum Gasteiger partial charge on any atom is -0.394 e. The lowest BCUT2D eigenvalue weighted by molar-refractivity contribution is -0.0625. The second-order valence-electron chi connectivity index (χ2n) is 4.44. The van der Waals surface area contributed by atoms with Crippen molar-refractivity contribution in [3.05, 3.63) is 22.2 Å². The summed E-state index contributed by atoms with van der Waals surface area (Å²) in [5.41, 5.74) is 5.56. The van der Waals surface area contributed by atoms with E-state index in [0.29, 0.717) is 5.56 Å². The molecule has 1 aliphatic heterocycles. The Bertz CT molecular complexity index is 518. The second-order valence-corrected chi connectivity index (χ2v) is 4.44. The first-order chi connectivity index (χ1) is 8.99. The van der Waals surface area contributed by atoms with Gasteiger partial charge in [-0.25, -0.2) is 4.79 Å². The molecule has 0 aromatic carbocycles. The maximum Gasteiger partial charge on any atom is 0.351 e. The lowest BCUT2D eigenvalue weighted by Crippen LogP contribution is -2.37. The Morgan fingerprint density at radius 1 is 1.63 bits per heavy atom. The Morgan fingerprint density at radius 2 is 2.32 bits per heavy atom. The fourth-order valence-corrected chi connectivity index (χ4v) is 2.11. The van der Waals surface area contributed by atoms with Crippen LogP contribution in [0.15, 0.2) is 11.0 Å². The van der Waals surface area contributed by atoms with Gasteiger partial charge < -0.3 is 25.4 Å². The fraction of sp³-hybridized carbons (Fsp3) is 0.636. The van der Waals surface area contributed by atoms with Crippen molar-refractivity contribution in [3.8, 4) is 0 Å². The summed E-state index contributed by atoms with van der Waals surface area (Å²) >= 11 is 0. The number of nitrogens with two attached hydrogens (primary N) is 1. The van der Waals surface area contributed by atoms with Gasteiger partial charge in [-0.15, -0.1) is 0 Å². The van der Waals surface area contributed by atoms with E-state index in [2.05, 4.69) is 4.98 Å². The highest BCUT2D eigenvalue weighted by Crippen LogP contribution is 2.30. The van der Waals surface area contributed by atoms with E-state index in [1.807, 2.05) is 0 Å². The van der Waals surface area contributed by atoms with Crippen LogP contribution in [0.1, 0.15) is 11.8 Å². The SMILES string of the molecule is COC1C(O)C(CO)OC1n1cc(C)c(N)nc1=O. The van der Waals surface area contributed by atoms with Gasteiger partial charge >= 0.3 is 5.69 Å². The average Bonchev–Trinajstić information content (AvgIpc) is 2.70. The minimum atomic E-state index is -1.02. The summed E-state index contributed by atoms with van der Waals surface area (Å²) in [5, 5.41) is 19.0. The molecule has 0 saturated carbocycles. The van der Waals surface area contributed by atoms with E-state index in [-0.39, 0.29) is 12.4 Å². The molecule has 2 heterocycles. The lowest BCUT2D eigenvalue weighted by Gasteiger charge is -2.20. The molecule has 0 amide bonds. The molecule has 106 valence electrons. The summed E-state index contributed by atoms with van der Waals surface area (Å²) in [6, 6.07) is 0. The van der Waals surface area contributed by atoms with Crippen molar-refractivity contribution < 1.29 is 19.7 Å². The van der Waals surface area contributed by atoms with Crippen LogP contribution < -0.4 is 11.4 Å². The Morgan fingerprint density at radius 3 is 2.89 bits per heavy atom. The quantitative estimate of drug-likeness (QED) is 0.605. The molecule has 1 aliphatic rings. The lowest BCUT2D eigenvalue weighted by atomic mass is 10.1. The number of aliphatic hydroxyl groups excluding tert-OH is 2. The number of nitrogen functional groups attached to an aromatic ring is 1. The molecule has 1 fully saturated rings. The number of hydrogen-bond acceptors (Lipinski definition) is 7. The summed E-state index contributed by atoms with van der Waals surface area (Å²) in [6.45, 7) is 1.34. The molecule has 4 unspecified atom stereocenters. The molecule has 2 rings (SSSR count). The summed E-state index contributed by atoms with van der Waals surface area (Å²) in [5.74, 6) is 0.146. The van der Waals surface area contributed by atoms with Crippen LogP contribution in [0.3, 0.4) is 0 Å². The van der Waals surface area contributed by atoms with Crippen molar-refractivity contribution in [2.24, 2.45) is 0 Å². The maximum absolute atomic E-state index is 11.8. The van der Waals surface area contributed by atoms with Crippen LogP contribution in [0.5, 0.6) is 0 Å². The number of hydrogen-bond donors (Lipinski definition) is 3. The van der Waals surface area contributed by atoms with Crippen LogP contribution in [-0.2, 0) is 9.47 Å². The summed E-state index contributed by atoms with van der Waals surface area (Å²) in [6.07, 6.45) is -1.95. The Balaban J connectivity index is 2.41. The van der Waals surface area contributed by atoms with Gasteiger partial charge in [-0.05, 0) is 6.92 Å². The predicted octanol–water partition coefficient (Wildman–Crippen LogP) is -1.60. The number of nitrogens with zero attached hydrogens (tertiary/aromatic N) is 2. The molecule has 1 saturated heterocycles. The normalized spacial score (nSPS) is 30.7. The van der Waals surface area contributed by atoms with Crippen molar-refractivity contribution in [3.63, 3.8) is 0 Å². The van der Waals surface area contributed by atoms with E-state index in [4.69, 9.17) is 20.3 Å². The highest BCUT2D eigenvalue weighted by atomic mass is 16.6. The number of ether oxygens (including phenoxy) is 2. The van der Waals surface area contributed by atoms with Crippen LogP contribution in [0.25, 0.3) is 0 Å². The van der Waals surface area contributed by atoms with E-state index in [9.17, 15) is 9.90 Å². The molecule has 0 bridgehead atoms. The van der Waals surface area contributed by atoms with Gasteiger partial charge in [-0.1, -0.05) is 0 Å². The standard InChI is InChI=1S/C11H17N3O5/c1-5-3-14(11(17)13-9(5)12)10-8(18-2)7(16)6(4-15)19-10/h3,6-8,10,15-16H,4H2,1-2H3,(H2,12,13,17). The first kappa shape index (κ1) is 13.9. The van der Waals surface area contributed by atoms with E-state index >= 15 is 0 Å². The van der Waals surface area contributed by atoms with Crippen molar-refractivity contribution in [1.29, 1.82) is 0 Å². The molecule has 0 spiro atoms. The first-order valence-corrected chi connectivity index (χ1v) is 5.82. The number of rotatable bonds is 3. The largest absolute Gasteiger partial charge is 0.394 e. The summed E-state index contributed by atoms with van der Waals surface area (Å²) in [7, 11) is 1.40. The molecule has 8 heteroatoms. The van der Waals surface area contributed by atoms with E-state index in [1.54, 1.807) is 6.92 Å². The third kappa shape index (κ3) is 2.35. The van der Waals surface area contributed by atoms with Crippen LogP contribution >= 0.6 is 0 Å². The van der Waals surface area contributed by atoms with E-state index in [1.165, 1.54) is 17.9 Å². The summed E-state index contributed by atoms with van der Waals surface area (Å²) < 4.78 is 11.8. The van der Waals surface area contributed by atoms with Gasteiger partial charge in [0.15, 0.2) is 6.23 Å². The Hall–Kier alpha value is -1.48. The topological polar surface area (TPSA) is 120 Å². The fourth-order valence-electron chi connectivity index (χ4n) is 2.11. The number of anilines is 1. The number of aryl methyl sites for hydroxylation is 1. The molecule has 4 atom stereocenters. The van der Waals surface area contributed by atoms with Gasteiger partial charge in [0, 0.05) is 18.9 Å². The van der Waals surface area contributed by atoms with Crippen molar-refractivity contribution in [2.75, 3.05) is 19.5 Å². The van der Waals surface area contributed by atoms with Gasteiger partial charge in [0.25, 0.3) is 0 Å². The molecule has 0 radical (unpaired) electrons. The van der Waals surface area contributed by atoms with Crippen molar-refractivity contribution >= 4 is 5.82 Å². The van der Waals surface area contributed by atoms with Crippen LogP contribution in [0.4, 0.5) is 5.82 Å². The number of aromatic nitrogens is 2. The van der Waals surface area contributed by atoms with Gasteiger partial charge in [0.1, 0.15) is 24.1 Å². The van der Waals surface area contributed by atoms with Gasteiger partial charge in [-0.3, -0.25) is 4.57 Å². The molecule has 1 aromatic rings. The zero-order valence-electron chi connectivity index (χ0n) is 10.7. The van der Waals surface area contributed by atoms with Gasteiger partial charge in [0.05, 0.1) is 6.61 Å². The van der Waals surface area contributed by atoms with E-state index < -0.39 is 30.2 Å². The first-order valence-electron chi connectivity index (χ1n) is 5.82. The van der Waals surface area contributed by atoms with E-state index in [0.717, 1.165) is 0 Å². The van der Waals surface area contributed by atoms with Crippen molar-refractivity contribution in [1.82, 2.24) is 9.55 Å². The molecule has 19 heavy (non-hydrogen) atoms. The van der Waals surface area contributed by atoms with Crippen LogP contribution in [0.2, 0.25) is 0 Å². The Kier molecular flexibility index (Phi) is 3.85. The third-order valence-electron chi connectivity index (χ3n) is 3.21. The Labute approximate surface area is 109 Å². The number of aliphatic hydroxyl groups is 2. The zero-order valence-corrected chi connectivity index (χ0v) is 10.7. The second kappa shape index (κ2) is 5.25. The minimum absolute atomic E-state index is 0.146. The van der Waals surface area contributed by atoms with Gasteiger partial charge in [-0.2, -0.15) is 4.98 Å². The monoisotopic (exact) mass is 271 g/mol. The zero-order chi connectivity index (χ0) is 14.2. The van der Waals surface area contributed by atoms with Crippen LogP contribution in [0, 0.1) is 6.92 Å². The highest BCUT2D eigenvalue weighted by Gasteiger charge is 2.45. The molecular formula is C11H17N3O5. The summed E-state index contributed by atoms with van der Waals surface area (Å²) in [4.78, 5) is 15.5. The smallest absolute Gasteiger partial charge is 0.351 e. The highest BCUT2D eigenvalue weighted by molar-refractivity contribution is 5.35. The maximum atomic E-state index is 11.8. The molecular weight excluding hydrogens is 254 g/mol. The van der Waals surface area contributed by atoms with Gasteiger partial charge in [0.2, 0.25) is 0 Å². The van der Waals surface area contributed by atoms with Crippen LogP contribution in [-0.4, -0.2) is 51.8 Å². The predicted molar refractivity (Wildman–Crippen MR) is 65.4 cm³/mol. The van der Waals surface area contributed by atoms with Crippen molar-refractivity contribution in [2.45, 2.75) is 31.5 Å². The molecule has 8 nitrogen and oxygen atoms in total. The third-order valence-corrected chi connectivity index (χ3v) is 3.21. The molecule has 4 N–H and O–H groups in total. The molecule has 1 aromatic heterocycles. The average molecular weight is 271 g/mol.